The average Bonchev–Trinajstić information content (AvgIpc) is 3.30. The van der Waals surface area contributed by atoms with Crippen LogP contribution in [0.4, 0.5) is 22.0 Å². The first-order valence-corrected chi connectivity index (χ1v) is 9.38. The summed E-state index contributed by atoms with van der Waals surface area (Å²) in [6, 6.07) is 1.21. The fraction of sp³-hybridized carbons (Fsp3) is 0.588. The second-order valence-electron chi connectivity index (χ2n) is 6.92. The molecule has 2 heterocycles. The normalized spacial score (nSPS) is 14.6. The number of alkyl halides is 5. The van der Waals surface area contributed by atoms with E-state index in [2.05, 4.69) is 15.5 Å². The first-order chi connectivity index (χ1) is 13.6. The number of hydrogen-bond acceptors (Lipinski definition) is 3. The highest BCUT2D eigenvalue weighted by molar-refractivity contribution is 6.32. The molecule has 1 N–H and O–H groups in total. The van der Waals surface area contributed by atoms with Crippen LogP contribution in [0.15, 0.2) is 6.07 Å². The van der Waals surface area contributed by atoms with E-state index >= 15 is 0 Å². The summed E-state index contributed by atoms with van der Waals surface area (Å²) >= 11 is 5.91. The van der Waals surface area contributed by atoms with Gasteiger partial charge in [-0.2, -0.15) is 23.4 Å². The van der Waals surface area contributed by atoms with Crippen molar-refractivity contribution in [3.8, 4) is 0 Å². The summed E-state index contributed by atoms with van der Waals surface area (Å²) < 4.78 is 66.8. The third-order valence-corrected chi connectivity index (χ3v) is 4.92. The molecule has 3 rings (SSSR count). The monoisotopic (exact) mass is 439 g/mol. The molecule has 2 aromatic rings. The summed E-state index contributed by atoms with van der Waals surface area (Å²) in [6.45, 7) is 1.69. The lowest BCUT2D eigenvalue weighted by molar-refractivity contribution is -0.141. The number of aromatic nitrogens is 4. The number of hydrogen-bond donors (Lipinski definition) is 1. The number of amides is 1. The van der Waals surface area contributed by atoms with Crippen LogP contribution in [0.2, 0.25) is 5.02 Å². The number of rotatable bonds is 8. The summed E-state index contributed by atoms with van der Waals surface area (Å²) in [5.74, 6) is -0.457. The second kappa shape index (κ2) is 8.29. The third-order valence-electron chi connectivity index (χ3n) is 4.55. The van der Waals surface area contributed by atoms with E-state index in [1.807, 2.05) is 0 Å². The number of halogens is 6. The molecule has 0 bridgehead atoms. The van der Waals surface area contributed by atoms with Crippen LogP contribution >= 0.6 is 11.6 Å². The molecule has 0 radical (unpaired) electrons. The van der Waals surface area contributed by atoms with Crippen LogP contribution in [0.1, 0.15) is 54.4 Å². The Morgan fingerprint density at radius 1 is 1.31 bits per heavy atom. The zero-order valence-electron chi connectivity index (χ0n) is 15.4. The molecular weight excluding hydrogens is 421 g/mol. The molecule has 160 valence electrons. The molecule has 0 saturated heterocycles. The van der Waals surface area contributed by atoms with Crippen molar-refractivity contribution >= 4 is 17.5 Å². The van der Waals surface area contributed by atoms with Gasteiger partial charge in [0.05, 0.1) is 10.7 Å². The van der Waals surface area contributed by atoms with Gasteiger partial charge in [0.25, 0.3) is 6.43 Å². The van der Waals surface area contributed by atoms with Crippen LogP contribution in [0.3, 0.4) is 0 Å². The highest BCUT2D eigenvalue weighted by Crippen LogP contribution is 2.46. The Morgan fingerprint density at radius 2 is 2.00 bits per heavy atom. The number of carbonyl (C=O) groups excluding carboxylic acids is 1. The molecule has 0 aliphatic heterocycles. The predicted molar refractivity (Wildman–Crippen MR) is 93.8 cm³/mol. The summed E-state index contributed by atoms with van der Waals surface area (Å²) in [5, 5.41) is 9.53. The number of nitrogens with one attached hydrogen (secondary N) is 1. The molecule has 29 heavy (non-hydrogen) atoms. The molecule has 1 saturated carbocycles. The summed E-state index contributed by atoms with van der Waals surface area (Å²) in [5.41, 5.74) is -0.680. The molecule has 0 spiro atoms. The van der Waals surface area contributed by atoms with Crippen LogP contribution in [0.5, 0.6) is 0 Å². The summed E-state index contributed by atoms with van der Waals surface area (Å²) in [7, 11) is 0. The van der Waals surface area contributed by atoms with Crippen LogP contribution in [-0.2, 0) is 24.1 Å². The first-order valence-electron chi connectivity index (χ1n) is 9.00. The maximum atomic E-state index is 13.0. The maximum Gasteiger partial charge on any atom is 0.436 e. The quantitative estimate of drug-likeness (QED) is 0.498. The van der Waals surface area contributed by atoms with Crippen molar-refractivity contribution in [1.82, 2.24) is 24.9 Å². The van der Waals surface area contributed by atoms with Crippen LogP contribution in [0, 0.1) is 6.92 Å². The van der Waals surface area contributed by atoms with Gasteiger partial charge in [-0.15, -0.1) is 0 Å². The zero-order chi connectivity index (χ0) is 21.3. The van der Waals surface area contributed by atoms with Gasteiger partial charge in [-0.1, -0.05) is 11.6 Å². The molecule has 0 atom stereocenters. The van der Waals surface area contributed by atoms with Crippen molar-refractivity contribution in [3.05, 3.63) is 33.9 Å². The molecule has 0 unspecified atom stereocenters. The van der Waals surface area contributed by atoms with E-state index in [1.54, 1.807) is 6.92 Å². The van der Waals surface area contributed by atoms with Crippen molar-refractivity contribution in [2.45, 2.75) is 57.8 Å². The van der Waals surface area contributed by atoms with Crippen molar-refractivity contribution in [1.29, 1.82) is 0 Å². The average molecular weight is 440 g/mol. The lowest BCUT2D eigenvalue weighted by Crippen LogP contribution is -2.30. The van der Waals surface area contributed by atoms with E-state index in [4.69, 9.17) is 11.6 Å². The fourth-order valence-corrected chi connectivity index (χ4v) is 3.40. The van der Waals surface area contributed by atoms with E-state index < -0.39 is 29.9 Å². The van der Waals surface area contributed by atoms with Crippen LogP contribution in [-0.4, -0.2) is 32.0 Å². The highest BCUT2D eigenvalue weighted by atomic mass is 35.5. The Balaban J connectivity index is 1.54. The minimum absolute atomic E-state index is 0.0208. The zero-order valence-corrected chi connectivity index (χ0v) is 16.2. The van der Waals surface area contributed by atoms with Gasteiger partial charge in [0.2, 0.25) is 5.91 Å². The first kappa shape index (κ1) is 21.5. The SMILES string of the molecule is Cc1cc(C(F)F)nn1CC(=O)NCCCn1nc(C(F)(F)F)c(Cl)c1C1CC1. The largest absolute Gasteiger partial charge is 0.436 e. The van der Waals surface area contributed by atoms with Crippen LogP contribution in [0.25, 0.3) is 0 Å². The topological polar surface area (TPSA) is 64.7 Å². The second-order valence-corrected chi connectivity index (χ2v) is 7.29. The number of aryl methyl sites for hydroxylation is 2. The van der Waals surface area contributed by atoms with E-state index in [1.165, 1.54) is 15.4 Å². The minimum Gasteiger partial charge on any atom is -0.354 e. The molecule has 1 aliphatic carbocycles. The van der Waals surface area contributed by atoms with E-state index in [-0.39, 0.29) is 30.6 Å². The lowest BCUT2D eigenvalue weighted by Gasteiger charge is -2.09. The molecule has 1 aliphatic rings. The smallest absolute Gasteiger partial charge is 0.354 e. The predicted octanol–water partition coefficient (Wildman–Crippen LogP) is 4.08. The van der Waals surface area contributed by atoms with E-state index in [0.29, 0.717) is 17.8 Å². The van der Waals surface area contributed by atoms with Gasteiger partial charge >= 0.3 is 6.18 Å². The Hall–Kier alpha value is -2.17. The molecule has 6 nitrogen and oxygen atoms in total. The molecule has 0 aromatic carbocycles. The van der Waals surface area contributed by atoms with Gasteiger partial charge < -0.3 is 5.32 Å². The van der Waals surface area contributed by atoms with Gasteiger partial charge in [0, 0.05) is 24.7 Å². The fourth-order valence-electron chi connectivity index (χ4n) is 3.00. The Morgan fingerprint density at radius 3 is 2.55 bits per heavy atom. The lowest BCUT2D eigenvalue weighted by atomic mass is 10.2. The van der Waals surface area contributed by atoms with Gasteiger partial charge in [-0.25, -0.2) is 8.78 Å². The number of carbonyl (C=O) groups is 1. The minimum atomic E-state index is -4.63. The van der Waals surface area contributed by atoms with Crippen molar-refractivity contribution in [3.63, 3.8) is 0 Å². The Bertz CT molecular complexity index is 888. The number of nitrogens with zero attached hydrogens (tertiary/aromatic N) is 4. The van der Waals surface area contributed by atoms with E-state index in [0.717, 1.165) is 12.8 Å². The Kier molecular flexibility index (Phi) is 6.16. The van der Waals surface area contributed by atoms with Gasteiger partial charge in [-0.3, -0.25) is 14.2 Å². The highest BCUT2D eigenvalue weighted by Gasteiger charge is 2.41. The third kappa shape index (κ3) is 5.06. The Labute approximate surface area is 168 Å². The molecule has 2 aromatic heterocycles. The summed E-state index contributed by atoms with van der Waals surface area (Å²) in [4.78, 5) is 12.0. The van der Waals surface area contributed by atoms with Crippen molar-refractivity contribution < 1.29 is 26.7 Å². The maximum absolute atomic E-state index is 13.0. The van der Waals surface area contributed by atoms with Gasteiger partial charge in [0.15, 0.2) is 5.69 Å². The molecule has 1 amide bonds. The molecular formula is C17H19ClF5N5O. The van der Waals surface area contributed by atoms with Crippen molar-refractivity contribution in [2.75, 3.05) is 6.54 Å². The van der Waals surface area contributed by atoms with Crippen LogP contribution < -0.4 is 5.32 Å². The molecule has 12 heteroatoms. The van der Waals surface area contributed by atoms with Gasteiger partial charge in [0.1, 0.15) is 12.2 Å². The standard InChI is InChI=1S/C17H19ClF5N5O/c1-9-7-11(16(19)20)25-28(9)8-12(29)24-5-2-6-27-14(10-3-4-10)13(18)15(26-27)17(21,22)23/h7,10,16H,2-6,8H2,1H3,(H,24,29). The molecule has 1 fully saturated rings. The van der Waals surface area contributed by atoms with Crippen molar-refractivity contribution in [2.24, 2.45) is 0 Å². The summed E-state index contributed by atoms with van der Waals surface area (Å²) in [6.07, 6.45) is -5.48. The van der Waals surface area contributed by atoms with E-state index in [9.17, 15) is 26.7 Å². The van der Waals surface area contributed by atoms with Gasteiger partial charge in [-0.05, 0) is 32.3 Å².